The summed E-state index contributed by atoms with van der Waals surface area (Å²) in [4.78, 5) is 0. The predicted molar refractivity (Wildman–Crippen MR) is 74.0 cm³/mol. The molecule has 0 bridgehead atoms. The summed E-state index contributed by atoms with van der Waals surface area (Å²) in [6.45, 7) is 0. The zero-order valence-electron chi connectivity index (χ0n) is 8.14. The zero-order valence-corrected chi connectivity index (χ0v) is 12.6. The monoisotopic (exact) mass is 414 g/mol. The summed E-state index contributed by atoms with van der Waals surface area (Å²) in [6, 6.07) is 4.34. The molecule has 0 aliphatic heterocycles. The Morgan fingerprint density at radius 1 is 1.50 bits per heavy atom. The molecule has 0 spiro atoms. The first-order valence-corrected chi connectivity index (χ1v) is 6.59. The van der Waals surface area contributed by atoms with Gasteiger partial charge in [0.05, 0.1) is 14.3 Å². The lowest BCUT2D eigenvalue weighted by Crippen LogP contribution is -1.95. The topological polar surface area (TPSA) is 17.8 Å². The van der Waals surface area contributed by atoms with Crippen LogP contribution in [0.2, 0.25) is 5.02 Å². The normalized spacial score (nSPS) is 10.8. The van der Waals surface area contributed by atoms with E-state index in [9.17, 15) is 4.39 Å². The third-order valence-electron chi connectivity index (χ3n) is 2.14. The second-order valence-electron chi connectivity index (χ2n) is 3.20. The third-order valence-corrected chi connectivity index (χ3v) is 4.77. The van der Waals surface area contributed by atoms with Gasteiger partial charge in [-0.3, -0.25) is 4.68 Å². The molecule has 2 rings (SSSR count). The first-order chi connectivity index (χ1) is 7.50. The Kier molecular flexibility index (Phi) is 3.56. The molecule has 1 aromatic heterocycles. The minimum Gasteiger partial charge on any atom is -0.266 e. The highest BCUT2D eigenvalue weighted by atomic mass is 127. The molecule has 16 heavy (non-hydrogen) atoms. The third kappa shape index (κ3) is 2.12. The van der Waals surface area contributed by atoms with E-state index in [4.69, 9.17) is 11.6 Å². The molecule has 1 aromatic carbocycles. The lowest BCUT2D eigenvalue weighted by molar-refractivity contribution is 0.628. The summed E-state index contributed by atoms with van der Waals surface area (Å²) in [5.74, 6) is -0.343. The van der Waals surface area contributed by atoms with Gasteiger partial charge in [-0.15, -0.1) is 0 Å². The van der Waals surface area contributed by atoms with Crippen molar-refractivity contribution in [2.45, 2.75) is 0 Å². The quantitative estimate of drug-likeness (QED) is 0.637. The second-order valence-corrected chi connectivity index (χ2v) is 5.44. The number of nitrogens with zero attached hydrogens (tertiary/aromatic N) is 2. The van der Waals surface area contributed by atoms with Gasteiger partial charge in [0.1, 0.15) is 10.4 Å². The van der Waals surface area contributed by atoms with Crippen molar-refractivity contribution in [2.75, 3.05) is 0 Å². The first kappa shape index (κ1) is 12.3. The van der Waals surface area contributed by atoms with Gasteiger partial charge >= 0.3 is 0 Å². The summed E-state index contributed by atoms with van der Waals surface area (Å²) < 4.78 is 16.4. The Morgan fingerprint density at radius 3 is 2.69 bits per heavy atom. The zero-order chi connectivity index (χ0) is 11.9. The second kappa shape index (κ2) is 4.62. The molecule has 0 aliphatic rings. The van der Waals surface area contributed by atoms with Crippen molar-refractivity contribution in [3.8, 4) is 11.3 Å². The van der Waals surface area contributed by atoms with Crippen LogP contribution in [0.5, 0.6) is 0 Å². The Balaban J connectivity index is 2.67. The van der Waals surface area contributed by atoms with Crippen molar-refractivity contribution in [1.82, 2.24) is 9.78 Å². The maximum Gasteiger partial charge on any atom is 0.142 e. The number of benzene rings is 1. The van der Waals surface area contributed by atoms with Gasteiger partial charge in [-0.25, -0.2) is 4.39 Å². The van der Waals surface area contributed by atoms with Crippen LogP contribution in [0.3, 0.4) is 0 Å². The Morgan fingerprint density at radius 2 is 2.19 bits per heavy atom. The summed E-state index contributed by atoms with van der Waals surface area (Å²) in [5, 5.41) is 4.61. The summed E-state index contributed by atoms with van der Waals surface area (Å²) in [5.41, 5.74) is 1.64. The minimum absolute atomic E-state index is 0.343. The van der Waals surface area contributed by atoms with Crippen LogP contribution < -0.4 is 0 Å². The van der Waals surface area contributed by atoms with Crippen LogP contribution in [-0.4, -0.2) is 9.78 Å². The van der Waals surface area contributed by atoms with Gasteiger partial charge in [-0.1, -0.05) is 11.6 Å². The molecule has 0 saturated carbocycles. The lowest BCUT2D eigenvalue weighted by atomic mass is 10.1. The van der Waals surface area contributed by atoms with Gasteiger partial charge < -0.3 is 0 Å². The van der Waals surface area contributed by atoms with Crippen molar-refractivity contribution in [1.29, 1.82) is 0 Å². The molecule has 84 valence electrons. The molecule has 0 saturated heterocycles. The van der Waals surface area contributed by atoms with Gasteiger partial charge in [0.2, 0.25) is 0 Å². The molecule has 6 heteroatoms. The average molecular weight is 415 g/mol. The smallest absolute Gasteiger partial charge is 0.142 e. The van der Waals surface area contributed by atoms with E-state index >= 15 is 0 Å². The van der Waals surface area contributed by atoms with E-state index in [0.29, 0.717) is 5.02 Å². The van der Waals surface area contributed by atoms with Gasteiger partial charge in [0, 0.05) is 12.6 Å². The largest absolute Gasteiger partial charge is 0.266 e. The lowest BCUT2D eigenvalue weighted by Gasteiger charge is -2.05. The van der Waals surface area contributed by atoms with Gasteiger partial charge in [0.25, 0.3) is 0 Å². The van der Waals surface area contributed by atoms with Crippen LogP contribution in [0.4, 0.5) is 4.39 Å². The van der Waals surface area contributed by atoms with Gasteiger partial charge in [-0.05, 0) is 56.7 Å². The van der Waals surface area contributed by atoms with Crippen LogP contribution in [0, 0.1) is 9.39 Å². The predicted octanol–water partition coefficient (Wildman–Crippen LogP) is 4.25. The molecule has 0 radical (unpaired) electrons. The molecule has 2 aromatic rings. The van der Waals surface area contributed by atoms with E-state index in [2.05, 4.69) is 43.6 Å². The maximum absolute atomic E-state index is 13.0. The van der Waals surface area contributed by atoms with Crippen molar-refractivity contribution in [3.05, 3.63) is 37.2 Å². The van der Waals surface area contributed by atoms with Gasteiger partial charge in [-0.2, -0.15) is 5.10 Å². The minimum atomic E-state index is -0.343. The number of halogens is 4. The van der Waals surface area contributed by atoms with Crippen molar-refractivity contribution < 1.29 is 4.39 Å². The molecule has 0 atom stereocenters. The van der Waals surface area contributed by atoms with E-state index < -0.39 is 0 Å². The van der Waals surface area contributed by atoms with Crippen LogP contribution in [-0.2, 0) is 7.05 Å². The van der Waals surface area contributed by atoms with E-state index in [1.165, 1.54) is 12.1 Å². The standard InChI is InChI=1S/C10H6BrClFIN2/c1-16-9(8(14)10(11)15-16)6-3-2-5(13)4-7(6)12/h2-4H,1H3. The van der Waals surface area contributed by atoms with Crippen molar-refractivity contribution in [2.24, 2.45) is 7.05 Å². The Bertz CT molecular complexity index is 556. The highest BCUT2D eigenvalue weighted by molar-refractivity contribution is 14.1. The van der Waals surface area contributed by atoms with Crippen LogP contribution in [0.1, 0.15) is 0 Å². The van der Waals surface area contributed by atoms with E-state index in [0.717, 1.165) is 19.4 Å². The van der Waals surface area contributed by atoms with Crippen LogP contribution in [0.25, 0.3) is 11.3 Å². The molecular weight excluding hydrogens is 409 g/mol. The summed E-state index contributed by atoms with van der Waals surface area (Å²) in [7, 11) is 1.82. The Hall–Kier alpha value is -0.140. The molecule has 0 amide bonds. The molecule has 0 unspecified atom stereocenters. The van der Waals surface area contributed by atoms with Crippen LogP contribution in [0.15, 0.2) is 22.8 Å². The van der Waals surface area contributed by atoms with Gasteiger partial charge in [0.15, 0.2) is 0 Å². The van der Waals surface area contributed by atoms with Crippen molar-refractivity contribution in [3.63, 3.8) is 0 Å². The fourth-order valence-electron chi connectivity index (χ4n) is 1.44. The average Bonchev–Trinajstić information content (AvgIpc) is 2.43. The number of rotatable bonds is 1. The van der Waals surface area contributed by atoms with E-state index in [1.807, 2.05) is 7.05 Å². The number of aromatic nitrogens is 2. The van der Waals surface area contributed by atoms with E-state index in [1.54, 1.807) is 10.7 Å². The maximum atomic E-state index is 13.0. The molecule has 0 fully saturated rings. The molecule has 0 aliphatic carbocycles. The SMILES string of the molecule is Cn1nc(Br)c(I)c1-c1ccc(F)cc1Cl. The highest BCUT2D eigenvalue weighted by Gasteiger charge is 2.16. The molecule has 1 heterocycles. The number of hydrogen-bond acceptors (Lipinski definition) is 1. The molecule has 2 nitrogen and oxygen atoms in total. The first-order valence-electron chi connectivity index (χ1n) is 4.34. The highest BCUT2D eigenvalue weighted by Crippen LogP contribution is 2.34. The summed E-state index contributed by atoms with van der Waals surface area (Å²) in [6.07, 6.45) is 0. The fraction of sp³-hybridized carbons (Fsp3) is 0.100. The van der Waals surface area contributed by atoms with E-state index in [-0.39, 0.29) is 5.82 Å². The fourth-order valence-corrected chi connectivity index (χ4v) is 2.87. The summed E-state index contributed by atoms with van der Waals surface area (Å²) >= 11 is 11.5. The number of aryl methyl sites for hydroxylation is 1. The molecule has 0 N–H and O–H groups in total. The van der Waals surface area contributed by atoms with Crippen molar-refractivity contribution >= 4 is 50.1 Å². The number of hydrogen-bond donors (Lipinski definition) is 0. The molecular formula is C10H6BrClFIN2. The Labute approximate surface area is 119 Å². The van der Waals surface area contributed by atoms with Crippen LogP contribution >= 0.6 is 50.1 Å².